The zero-order valence-electron chi connectivity index (χ0n) is 7.22. The van der Waals surface area contributed by atoms with Crippen molar-refractivity contribution < 1.29 is 17.6 Å². The summed E-state index contributed by atoms with van der Waals surface area (Å²) in [5.41, 5.74) is 0. The molecule has 0 unspecified atom stereocenters. The van der Waals surface area contributed by atoms with Crippen molar-refractivity contribution in [2.45, 2.75) is 12.3 Å². The highest BCUT2D eigenvalue weighted by Gasteiger charge is 2.40. The largest absolute Gasteiger partial charge is 0.348 e. The molecule has 84 valence electrons. The van der Waals surface area contributed by atoms with E-state index in [4.69, 9.17) is 11.6 Å². The van der Waals surface area contributed by atoms with Crippen molar-refractivity contribution in [3.63, 3.8) is 0 Å². The standard InChI is InChI=1S/C7H6ClF4N3/c8-4-1-13-6(14-2-4)15-3-7(11,12)5(9)10/h1-2,5H,3H2,(H,13,14,15). The van der Waals surface area contributed by atoms with E-state index in [-0.39, 0.29) is 11.0 Å². The van der Waals surface area contributed by atoms with Crippen LogP contribution in [-0.4, -0.2) is 28.9 Å². The molecule has 3 nitrogen and oxygen atoms in total. The third kappa shape index (κ3) is 3.50. The van der Waals surface area contributed by atoms with Gasteiger partial charge in [0.25, 0.3) is 0 Å². The number of aromatic nitrogens is 2. The Kier molecular flexibility index (Phi) is 3.67. The van der Waals surface area contributed by atoms with Crippen molar-refractivity contribution in [1.29, 1.82) is 0 Å². The average molecular weight is 244 g/mol. The average Bonchev–Trinajstić information content (AvgIpc) is 2.17. The lowest BCUT2D eigenvalue weighted by molar-refractivity contribution is -0.117. The van der Waals surface area contributed by atoms with Crippen LogP contribution in [0.25, 0.3) is 0 Å². The van der Waals surface area contributed by atoms with Crippen LogP contribution in [0.1, 0.15) is 0 Å². The van der Waals surface area contributed by atoms with Crippen molar-refractivity contribution >= 4 is 17.5 Å². The van der Waals surface area contributed by atoms with Gasteiger partial charge < -0.3 is 5.32 Å². The molecular weight excluding hydrogens is 238 g/mol. The van der Waals surface area contributed by atoms with Crippen molar-refractivity contribution in [3.05, 3.63) is 17.4 Å². The molecule has 0 aliphatic rings. The van der Waals surface area contributed by atoms with Gasteiger partial charge in [-0.3, -0.25) is 0 Å². The Morgan fingerprint density at radius 2 is 1.87 bits per heavy atom. The van der Waals surface area contributed by atoms with Gasteiger partial charge in [-0.25, -0.2) is 18.7 Å². The van der Waals surface area contributed by atoms with E-state index in [1.54, 1.807) is 0 Å². The van der Waals surface area contributed by atoms with Crippen molar-refractivity contribution in [3.8, 4) is 0 Å². The summed E-state index contributed by atoms with van der Waals surface area (Å²) >= 11 is 5.43. The molecule has 1 aromatic heterocycles. The van der Waals surface area contributed by atoms with Gasteiger partial charge in [-0.1, -0.05) is 11.6 Å². The van der Waals surface area contributed by atoms with Gasteiger partial charge in [0.1, 0.15) is 0 Å². The lowest BCUT2D eigenvalue weighted by Crippen LogP contribution is -2.35. The molecule has 0 saturated heterocycles. The predicted octanol–water partition coefficient (Wildman–Crippen LogP) is 2.44. The highest BCUT2D eigenvalue weighted by Crippen LogP contribution is 2.22. The van der Waals surface area contributed by atoms with E-state index in [0.717, 1.165) is 12.4 Å². The summed E-state index contributed by atoms with van der Waals surface area (Å²) in [7, 11) is 0. The first-order chi connectivity index (χ1) is 6.92. The van der Waals surface area contributed by atoms with Crippen LogP contribution in [0, 0.1) is 0 Å². The molecule has 0 fully saturated rings. The minimum Gasteiger partial charge on any atom is -0.348 e. The van der Waals surface area contributed by atoms with Crippen LogP contribution in [0.3, 0.4) is 0 Å². The minimum absolute atomic E-state index is 0.181. The van der Waals surface area contributed by atoms with Crippen LogP contribution in [-0.2, 0) is 0 Å². The molecule has 0 aliphatic heterocycles. The number of hydrogen-bond acceptors (Lipinski definition) is 3. The second kappa shape index (κ2) is 4.61. The smallest absolute Gasteiger partial charge is 0.324 e. The third-order valence-electron chi connectivity index (χ3n) is 1.42. The maximum Gasteiger partial charge on any atom is 0.324 e. The monoisotopic (exact) mass is 243 g/mol. The SMILES string of the molecule is FC(F)C(F)(F)CNc1ncc(Cl)cn1. The van der Waals surface area contributed by atoms with Gasteiger partial charge in [0.15, 0.2) is 0 Å². The molecule has 1 N–H and O–H groups in total. The van der Waals surface area contributed by atoms with Gasteiger partial charge in [0, 0.05) is 0 Å². The molecule has 0 aromatic carbocycles. The van der Waals surface area contributed by atoms with Crippen LogP contribution >= 0.6 is 11.6 Å². The summed E-state index contributed by atoms with van der Waals surface area (Å²) in [6.07, 6.45) is -1.40. The fourth-order valence-electron chi connectivity index (χ4n) is 0.678. The van der Waals surface area contributed by atoms with Gasteiger partial charge in [0.2, 0.25) is 5.95 Å². The van der Waals surface area contributed by atoms with E-state index in [0.29, 0.717) is 0 Å². The predicted molar refractivity (Wildman–Crippen MR) is 46.5 cm³/mol. The number of nitrogens with zero attached hydrogens (tertiary/aromatic N) is 2. The van der Waals surface area contributed by atoms with E-state index in [9.17, 15) is 17.6 Å². The van der Waals surface area contributed by atoms with Crippen LogP contribution in [0.15, 0.2) is 12.4 Å². The highest BCUT2D eigenvalue weighted by molar-refractivity contribution is 6.30. The second-order valence-corrected chi connectivity index (χ2v) is 3.08. The van der Waals surface area contributed by atoms with E-state index in [2.05, 4.69) is 9.97 Å². The number of nitrogens with one attached hydrogen (secondary N) is 1. The van der Waals surface area contributed by atoms with Crippen LogP contribution in [0.4, 0.5) is 23.5 Å². The van der Waals surface area contributed by atoms with Gasteiger partial charge in [0.05, 0.1) is 24.0 Å². The van der Waals surface area contributed by atoms with E-state index >= 15 is 0 Å². The Hall–Kier alpha value is -1.11. The maximum absolute atomic E-state index is 12.4. The molecule has 0 saturated carbocycles. The summed E-state index contributed by atoms with van der Waals surface area (Å²) in [6.45, 7) is -1.23. The maximum atomic E-state index is 12.4. The molecule has 1 heterocycles. The second-order valence-electron chi connectivity index (χ2n) is 2.64. The number of alkyl halides is 4. The first-order valence-corrected chi connectivity index (χ1v) is 4.17. The zero-order valence-corrected chi connectivity index (χ0v) is 7.98. The molecule has 0 aliphatic carbocycles. The molecular formula is C7H6ClF4N3. The van der Waals surface area contributed by atoms with Crippen molar-refractivity contribution in [1.82, 2.24) is 9.97 Å². The molecule has 0 amide bonds. The fourth-order valence-corrected chi connectivity index (χ4v) is 0.775. The lowest BCUT2D eigenvalue weighted by atomic mass is 10.3. The van der Waals surface area contributed by atoms with E-state index in [1.165, 1.54) is 0 Å². The summed E-state index contributed by atoms with van der Waals surface area (Å²) in [5, 5.41) is 2.21. The van der Waals surface area contributed by atoms with Gasteiger partial charge in [-0.2, -0.15) is 8.78 Å². The first-order valence-electron chi connectivity index (χ1n) is 3.79. The molecule has 1 rings (SSSR count). The summed E-state index contributed by atoms with van der Waals surface area (Å²) < 4.78 is 48.3. The van der Waals surface area contributed by atoms with Gasteiger partial charge in [-0.15, -0.1) is 0 Å². The molecule has 0 bridgehead atoms. The Morgan fingerprint density at radius 3 is 2.33 bits per heavy atom. The molecule has 0 radical (unpaired) electrons. The van der Waals surface area contributed by atoms with Crippen LogP contribution in [0.5, 0.6) is 0 Å². The third-order valence-corrected chi connectivity index (χ3v) is 1.62. The number of rotatable bonds is 4. The molecule has 0 spiro atoms. The molecule has 15 heavy (non-hydrogen) atoms. The highest BCUT2D eigenvalue weighted by atomic mass is 35.5. The number of hydrogen-bond donors (Lipinski definition) is 1. The van der Waals surface area contributed by atoms with Crippen LogP contribution in [0.2, 0.25) is 5.02 Å². The van der Waals surface area contributed by atoms with E-state index < -0.39 is 18.9 Å². The zero-order chi connectivity index (χ0) is 11.5. The topological polar surface area (TPSA) is 37.8 Å². The Labute approximate surface area is 87.5 Å². The van der Waals surface area contributed by atoms with Crippen LogP contribution < -0.4 is 5.32 Å². The first kappa shape index (κ1) is 12.0. The summed E-state index contributed by atoms with van der Waals surface area (Å²) in [5.74, 6) is -4.29. The fraction of sp³-hybridized carbons (Fsp3) is 0.429. The van der Waals surface area contributed by atoms with Gasteiger partial charge in [-0.05, 0) is 0 Å². The Bertz CT molecular complexity index is 317. The number of halogens is 5. The Morgan fingerprint density at radius 1 is 1.33 bits per heavy atom. The minimum atomic E-state index is -4.11. The summed E-state index contributed by atoms with van der Waals surface area (Å²) in [6, 6.07) is 0. The van der Waals surface area contributed by atoms with Crippen molar-refractivity contribution in [2.75, 3.05) is 11.9 Å². The van der Waals surface area contributed by atoms with Crippen molar-refractivity contribution in [2.24, 2.45) is 0 Å². The summed E-state index contributed by atoms with van der Waals surface area (Å²) in [4.78, 5) is 7.02. The van der Waals surface area contributed by atoms with Gasteiger partial charge >= 0.3 is 12.3 Å². The molecule has 8 heteroatoms. The Balaban J connectivity index is 2.54. The molecule has 1 aromatic rings. The lowest BCUT2D eigenvalue weighted by Gasteiger charge is -2.15. The van der Waals surface area contributed by atoms with E-state index in [1.807, 2.05) is 5.32 Å². The number of anilines is 1. The molecule has 0 atom stereocenters. The quantitative estimate of drug-likeness (QED) is 0.826. The normalized spacial score (nSPS) is 11.9.